The number of hydrogen-bond acceptors (Lipinski definition) is 4. The van der Waals surface area contributed by atoms with Crippen LogP contribution in [0.3, 0.4) is 0 Å². The van der Waals surface area contributed by atoms with Crippen molar-refractivity contribution in [3.63, 3.8) is 0 Å². The molecule has 0 atom stereocenters. The molecule has 0 aliphatic rings. The first kappa shape index (κ1) is 13.7. The van der Waals surface area contributed by atoms with Crippen LogP contribution in [0.15, 0.2) is 30.3 Å². The first-order valence-corrected chi connectivity index (χ1v) is 6.08. The average Bonchev–Trinajstić information content (AvgIpc) is 2.38. The van der Waals surface area contributed by atoms with Crippen LogP contribution in [-0.4, -0.2) is 16.1 Å². The number of phenols is 2. The molecule has 0 heterocycles. The van der Waals surface area contributed by atoms with Gasteiger partial charge in [-0.3, -0.25) is 4.79 Å². The molecule has 5 N–H and O–H groups in total. The van der Waals surface area contributed by atoms with E-state index in [2.05, 4.69) is 5.32 Å². The molecule has 1 amide bonds. The number of nitrogen functional groups attached to an aromatic ring is 1. The highest BCUT2D eigenvalue weighted by atomic mass is 16.3. The number of amides is 1. The molecule has 104 valence electrons. The molecule has 0 bridgehead atoms. The molecule has 0 radical (unpaired) electrons. The van der Waals surface area contributed by atoms with Gasteiger partial charge < -0.3 is 21.3 Å². The first-order chi connectivity index (χ1) is 9.38. The molecule has 0 unspecified atom stereocenters. The van der Waals surface area contributed by atoms with Gasteiger partial charge in [0, 0.05) is 0 Å². The van der Waals surface area contributed by atoms with Crippen molar-refractivity contribution in [2.24, 2.45) is 0 Å². The van der Waals surface area contributed by atoms with E-state index in [9.17, 15) is 15.0 Å². The van der Waals surface area contributed by atoms with E-state index in [0.29, 0.717) is 11.4 Å². The quantitative estimate of drug-likeness (QED) is 0.499. The molecular weight excluding hydrogens is 256 g/mol. The van der Waals surface area contributed by atoms with Crippen molar-refractivity contribution in [1.29, 1.82) is 0 Å². The summed E-state index contributed by atoms with van der Waals surface area (Å²) in [6.45, 7) is 3.84. The van der Waals surface area contributed by atoms with Crippen molar-refractivity contribution < 1.29 is 15.0 Å². The Kier molecular flexibility index (Phi) is 3.52. The zero-order valence-electron chi connectivity index (χ0n) is 11.3. The fourth-order valence-electron chi connectivity index (χ4n) is 1.84. The number of carbonyl (C=O) groups excluding carboxylic acids is 1. The summed E-state index contributed by atoms with van der Waals surface area (Å²) < 4.78 is 0. The molecule has 20 heavy (non-hydrogen) atoms. The molecule has 0 spiro atoms. The molecule has 0 saturated carbocycles. The second-order valence-electron chi connectivity index (χ2n) is 4.68. The number of aromatic hydroxyl groups is 2. The fraction of sp³-hybridized carbons (Fsp3) is 0.133. The van der Waals surface area contributed by atoms with E-state index in [0.717, 1.165) is 11.1 Å². The molecule has 0 fully saturated rings. The third-order valence-electron chi connectivity index (χ3n) is 3.14. The van der Waals surface area contributed by atoms with Crippen molar-refractivity contribution in [1.82, 2.24) is 0 Å². The lowest BCUT2D eigenvalue weighted by Gasteiger charge is -2.12. The predicted octanol–water partition coefficient (Wildman–Crippen LogP) is 2.55. The van der Waals surface area contributed by atoms with Gasteiger partial charge in [-0.15, -0.1) is 0 Å². The van der Waals surface area contributed by atoms with Gasteiger partial charge in [0.05, 0.1) is 16.9 Å². The Bertz CT molecular complexity index is 681. The highest BCUT2D eigenvalue weighted by Gasteiger charge is 2.14. The van der Waals surface area contributed by atoms with E-state index in [1.807, 2.05) is 13.8 Å². The van der Waals surface area contributed by atoms with Crippen LogP contribution in [0.4, 0.5) is 11.4 Å². The number of aryl methyl sites for hydroxylation is 2. The molecule has 2 aromatic rings. The lowest BCUT2D eigenvalue weighted by molar-refractivity contribution is 0.102. The van der Waals surface area contributed by atoms with Gasteiger partial charge in [-0.2, -0.15) is 0 Å². The van der Waals surface area contributed by atoms with Gasteiger partial charge in [-0.1, -0.05) is 0 Å². The lowest BCUT2D eigenvalue weighted by atomic mass is 10.1. The summed E-state index contributed by atoms with van der Waals surface area (Å²) >= 11 is 0. The minimum absolute atomic E-state index is 0.0115. The third kappa shape index (κ3) is 2.66. The standard InChI is InChI=1S/C15H16N2O3/c1-8-5-12(16)13(6-9(8)2)17-15(20)11-7-10(18)3-4-14(11)19/h3-7,18-19H,16H2,1-2H3,(H,17,20). The molecule has 2 aromatic carbocycles. The maximum absolute atomic E-state index is 12.1. The minimum atomic E-state index is -0.534. The highest BCUT2D eigenvalue weighted by Crippen LogP contribution is 2.26. The van der Waals surface area contributed by atoms with Gasteiger partial charge in [-0.25, -0.2) is 0 Å². The van der Waals surface area contributed by atoms with Gasteiger partial charge in [-0.05, 0) is 55.3 Å². The van der Waals surface area contributed by atoms with E-state index in [1.54, 1.807) is 12.1 Å². The fourth-order valence-corrected chi connectivity index (χ4v) is 1.84. The summed E-state index contributed by atoms with van der Waals surface area (Å²) in [7, 11) is 0. The van der Waals surface area contributed by atoms with Crippen molar-refractivity contribution >= 4 is 17.3 Å². The summed E-state index contributed by atoms with van der Waals surface area (Å²) in [6.07, 6.45) is 0. The number of hydrogen-bond donors (Lipinski definition) is 4. The van der Waals surface area contributed by atoms with Gasteiger partial charge in [0.2, 0.25) is 0 Å². The highest BCUT2D eigenvalue weighted by molar-refractivity contribution is 6.07. The monoisotopic (exact) mass is 272 g/mol. The molecule has 2 rings (SSSR count). The van der Waals surface area contributed by atoms with Crippen molar-refractivity contribution in [2.75, 3.05) is 11.1 Å². The largest absolute Gasteiger partial charge is 0.508 e. The Morgan fingerprint density at radius 3 is 2.45 bits per heavy atom. The normalized spacial score (nSPS) is 10.3. The van der Waals surface area contributed by atoms with Crippen molar-refractivity contribution in [3.05, 3.63) is 47.0 Å². The van der Waals surface area contributed by atoms with Crippen LogP contribution in [0.25, 0.3) is 0 Å². The summed E-state index contributed by atoms with van der Waals surface area (Å²) in [6, 6.07) is 7.29. The van der Waals surface area contributed by atoms with Crippen LogP contribution in [0.2, 0.25) is 0 Å². The molecule has 0 aromatic heterocycles. The number of carbonyl (C=O) groups is 1. The summed E-state index contributed by atoms with van der Waals surface area (Å²) in [4.78, 5) is 12.1. The van der Waals surface area contributed by atoms with Crippen LogP contribution in [-0.2, 0) is 0 Å². The van der Waals surface area contributed by atoms with E-state index < -0.39 is 5.91 Å². The molecule has 0 aliphatic carbocycles. The Morgan fingerprint density at radius 1 is 1.10 bits per heavy atom. The average molecular weight is 272 g/mol. The van der Waals surface area contributed by atoms with Crippen LogP contribution in [0, 0.1) is 13.8 Å². The van der Waals surface area contributed by atoms with Crippen molar-refractivity contribution in [2.45, 2.75) is 13.8 Å². The number of nitrogens with two attached hydrogens (primary N) is 1. The van der Waals surface area contributed by atoms with Crippen LogP contribution in [0.5, 0.6) is 11.5 Å². The second kappa shape index (κ2) is 5.13. The molecule has 5 nitrogen and oxygen atoms in total. The van der Waals surface area contributed by atoms with Crippen LogP contribution < -0.4 is 11.1 Å². The van der Waals surface area contributed by atoms with Crippen molar-refractivity contribution in [3.8, 4) is 11.5 Å². The predicted molar refractivity (Wildman–Crippen MR) is 78.1 cm³/mol. The number of benzene rings is 2. The maximum atomic E-state index is 12.1. The third-order valence-corrected chi connectivity index (χ3v) is 3.14. The summed E-state index contributed by atoms with van der Waals surface area (Å²) in [5, 5.41) is 21.6. The zero-order valence-corrected chi connectivity index (χ0v) is 11.3. The number of rotatable bonds is 2. The Morgan fingerprint density at radius 2 is 1.75 bits per heavy atom. The zero-order chi connectivity index (χ0) is 14.9. The molecule has 0 aliphatic heterocycles. The number of phenolic OH excluding ortho intramolecular Hbond substituents is 2. The van der Waals surface area contributed by atoms with Gasteiger partial charge in [0.15, 0.2) is 0 Å². The van der Waals surface area contributed by atoms with Crippen LogP contribution >= 0.6 is 0 Å². The molecular formula is C15H16N2O3. The number of nitrogens with one attached hydrogen (secondary N) is 1. The van der Waals surface area contributed by atoms with E-state index in [4.69, 9.17) is 5.73 Å². The Labute approximate surface area is 116 Å². The molecule has 5 heteroatoms. The topological polar surface area (TPSA) is 95.6 Å². The van der Waals surface area contributed by atoms with E-state index in [-0.39, 0.29) is 17.1 Å². The number of anilines is 2. The smallest absolute Gasteiger partial charge is 0.259 e. The lowest BCUT2D eigenvalue weighted by Crippen LogP contribution is -2.13. The van der Waals surface area contributed by atoms with E-state index in [1.165, 1.54) is 18.2 Å². The maximum Gasteiger partial charge on any atom is 0.259 e. The summed E-state index contributed by atoms with van der Waals surface area (Å²) in [5.74, 6) is -0.836. The molecule has 0 saturated heterocycles. The second-order valence-corrected chi connectivity index (χ2v) is 4.68. The van der Waals surface area contributed by atoms with Crippen LogP contribution in [0.1, 0.15) is 21.5 Å². The van der Waals surface area contributed by atoms with Gasteiger partial charge in [0.1, 0.15) is 11.5 Å². The van der Waals surface area contributed by atoms with Gasteiger partial charge >= 0.3 is 0 Å². The SMILES string of the molecule is Cc1cc(N)c(NC(=O)c2cc(O)ccc2O)cc1C. The summed E-state index contributed by atoms with van der Waals surface area (Å²) in [5.41, 5.74) is 8.79. The Hall–Kier alpha value is -2.69. The first-order valence-electron chi connectivity index (χ1n) is 6.08. The minimum Gasteiger partial charge on any atom is -0.508 e. The van der Waals surface area contributed by atoms with E-state index >= 15 is 0 Å². The Balaban J connectivity index is 2.32. The van der Waals surface area contributed by atoms with Gasteiger partial charge in [0.25, 0.3) is 5.91 Å².